The number of nitrogens with zero attached hydrogens (tertiary/aromatic N) is 2. The molecular formula is C28H29ClN4O3. The van der Waals surface area contributed by atoms with Crippen LogP contribution in [0.4, 0.5) is 11.5 Å². The van der Waals surface area contributed by atoms with Crippen molar-refractivity contribution in [3.8, 4) is 11.1 Å². The van der Waals surface area contributed by atoms with Gasteiger partial charge in [0, 0.05) is 37.1 Å². The van der Waals surface area contributed by atoms with Gasteiger partial charge in [-0.3, -0.25) is 4.79 Å². The first kappa shape index (κ1) is 24.3. The van der Waals surface area contributed by atoms with Gasteiger partial charge in [0.1, 0.15) is 5.82 Å². The summed E-state index contributed by atoms with van der Waals surface area (Å²) in [5.41, 5.74) is 5.92. The van der Waals surface area contributed by atoms with Crippen LogP contribution in [0.5, 0.6) is 0 Å². The number of ether oxygens (including phenoxy) is 1. The van der Waals surface area contributed by atoms with Crippen molar-refractivity contribution in [2.45, 2.75) is 25.8 Å². The lowest BCUT2D eigenvalue weighted by molar-refractivity contribution is -0.120. The fourth-order valence-corrected chi connectivity index (χ4v) is 5.11. The third-order valence-electron chi connectivity index (χ3n) is 6.91. The average Bonchev–Trinajstić information content (AvgIpc) is 3.32. The van der Waals surface area contributed by atoms with Crippen molar-refractivity contribution in [2.24, 2.45) is 5.92 Å². The van der Waals surface area contributed by atoms with Gasteiger partial charge < -0.3 is 20.3 Å². The van der Waals surface area contributed by atoms with Crippen molar-refractivity contribution in [3.63, 3.8) is 0 Å². The van der Waals surface area contributed by atoms with Gasteiger partial charge in [-0.15, -0.1) is 0 Å². The summed E-state index contributed by atoms with van der Waals surface area (Å²) in [7, 11) is 1.38. The number of rotatable bonds is 6. The highest BCUT2D eigenvalue weighted by molar-refractivity contribution is 6.33. The van der Waals surface area contributed by atoms with Crippen LogP contribution in [-0.2, 0) is 22.5 Å². The topological polar surface area (TPSA) is 83.6 Å². The van der Waals surface area contributed by atoms with E-state index in [-0.39, 0.29) is 17.8 Å². The number of hydrogen-bond donors (Lipinski definition) is 2. The minimum atomic E-state index is -0.335. The SMILES string of the molecule is COC(=O)c1ccc(CN2CCc3ccc(-c4cc(NC(=O)C5CCCNC5)ncc4Cl)cc32)cc1. The van der Waals surface area contributed by atoms with E-state index in [0.717, 1.165) is 61.3 Å². The number of hydrogen-bond acceptors (Lipinski definition) is 6. The third-order valence-corrected chi connectivity index (χ3v) is 7.21. The number of anilines is 2. The van der Waals surface area contributed by atoms with E-state index < -0.39 is 0 Å². The molecule has 2 N–H and O–H groups in total. The van der Waals surface area contributed by atoms with Crippen LogP contribution in [0.1, 0.15) is 34.3 Å². The maximum Gasteiger partial charge on any atom is 0.337 e. The fraction of sp³-hybridized carbons (Fsp3) is 0.321. The zero-order valence-corrected chi connectivity index (χ0v) is 21.0. The van der Waals surface area contributed by atoms with E-state index in [1.54, 1.807) is 18.3 Å². The van der Waals surface area contributed by atoms with Crippen molar-refractivity contribution in [1.29, 1.82) is 0 Å². The van der Waals surface area contributed by atoms with E-state index in [0.29, 0.717) is 22.9 Å². The van der Waals surface area contributed by atoms with Crippen molar-refractivity contribution in [2.75, 3.05) is 37.0 Å². The van der Waals surface area contributed by atoms with Gasteiger partial charge in [-0.05, 0) is 66.8 Å². The molecule has 186 valence electrons. The molecule has 0 saturated carbocycles. The fourth-order valence-electron chi connectivity index (χ4n) is 4.89. The van der Waals surface area contributed by atoms with Gasteiger partial charge in [0.15, 0.2) is 0 Å². The number of pyridine rings is 1. The Bertz CT molecular complexity index is 1270. The lowest BCUT2D eigenvalue weighted by Crippen LogP contribution is -2.37. The Hall–Kier alpha value is -3.42. The van der Waals surface area contributed by atoms with Crippen molar-refractivity contribution in [1.82, 2.24) is 10.3 Å². The van der Waals surface area contributed by atoms with E-state index in [9.17, 15) is 9.59 Å². The number of esters is 1. The molecule has 1 atom stereocenters. The summed E-state index contributed by atoms with van der Waals surface area (Å²) < 4.78 is 4.79. The molecule has 1 fully saturated rings. The summed E-state index contributed by atoms with van der Waals surface area (Å²) in [6.45, 7) is 3.30. The lowest BCUT2D eigenvalue weighted by Gasteiger charge is -2.22. The normalized spacial score (nSPS) is 16.9. The molecule has 1 amide bonds. The zero-order valence-electron chi connectivity index (χ0n) is 20.2. The predicted molar refractivity (Wildman–Crippen MR) is 141 cm³/mol. The highest BCUT2D eigenvalue weighted by atomic mass is 35.5. The van der Waals surface area contributed by atoms with Crippen LogP contribution in [0.3, 0.4) is 0 Å². The van der Waals surface area contributed by atoms with Crippen LogP contribution >= 0.6 is 11.6 Å². The third kappa shape index (κ3) is 5.22. The van der Waals surface area contributed by atoms with Gasteiger partial charge in [0.25, 0.3) is 0 Å². The molecule has 0 spiro atoms. The quantitative estimate of drug-likeness (QED) is 0.474. The molecule has 3 heterocycles. The molecule has 2 aliphatic rings. The number of nitrogens with one attached hydrogen (secondary N) is 2. The van der Waals surface area contributed by atoms with Gasteiger partial charge in [-0.2, -0.15) is 0 Å². The van der Waals surface area contributed by atoms with Crippen LogP contribution in [0.15, 0.2) is 54.7 Å². The van der Waals surface area contributed by atoms with E-state index in [1.165, 1.54) is 12.7 Å². The first-order valence-corrected chi connectivity index (χ1v) is 12.6. The maximum absolute atomic E-state index is 12.7. The second-order valence-corrected chi connectivity index (χ2v) is 9.69. The summed E-state index contributed by atoms with van der Waals surface area (Å²) >= 11 is 6.55. The predicted octanol–water partition coefficient (Wildman–Crippen LogP) is 4.69. The van der Waals surface area contributed by atoms with Gasteiger partial charge in [0.05, 0.1) is 23.6 Å². The van der Waals surface area contributed by atoms with Gasteiger partial charge >= 0.3 is 5.97 Å². The van der Waals surface area contributed by atoms with Crippen LogP contribution in [0, 0.1) is 5.92 Å². The molecule has 0 aliphatic carbocycles. The van der Waals surface area contributed by atoms with E-state index >= 15 is 0 Å². The Morgan fingerprint density at radius 2 is 2.03 bits per heavy atom. The minimum absolute atomic E-state index is 0.0127. The number of halogens is 1. The molecule has 0 radical (unpaired) electrons. The molecule has 8 heteroatoms. The van der Waals surface area contributed by atoms with Crippen molar-refractivity contribution in [3.05, 3.63) is 76.4 Å². The van der Waals surface area contributed by atoms with Crippen LogP contribution in [0.25, 0.3) is 11.1 Å². The minimum Gasteiger partial charge on any atom is -0.465 e. The smallest absolute Gasteiger partial charge is 0.337 e. The second-order valence-electron chi connectivity index (χ2n) is 9.29. The standard InChI is InChI=1S/C28H29ClN4O3/c1-36-28(35)20-6-4-18(5-7-20)17-33-12-10-19-8-9-21(13-25(19)33)23-14-26(31-16-24(23)29)32-27(34)22-3-2-11-30-15-22/h4-9,13-14,16,22,30H,2-3,10-12,15,17H2,1H3,(H,31,32,34). The molecule has 36 heavy (non-hydrogen) atoms. The van der Waals surface area contributed by atoms with Crippen molar-refractivity contribution < 1.29 is 14.3 Å². The molecule has 3 aromatic rings. The number of aromatic nitrogens is 1. The van der Waals surface area contributed by atoms with Crippen LogP contribution in [0.2, 0.25) is 5.02 Å². The van der Waals surface area contributed by atoms with E-state index in [4.69, 9.17) is 16.3 Å². The van der Waals surface area contributed by atoms with Crippen molar-refractivity contribution >= 4 is 35.0 Å². The Labute approximate surface area is 215 Å². The number of benzene rings is 2. The summed E-state index contributed by atoms with van der Waals surface area (Å²) in [6.07, 6.45) is 4.44. The number of piperidine rings is 1. The highest BCUT2D eigenvalue weighted by Gasteiger charge is 2.23. The molecule has 2 aromatic carbocycles. The van der Waals surface area contributed by atoms with Gasteiger partial charge in [0.2, 0.25) is 5.91 Å². The zero-order chi connectivity index (χ0) is 25.1. The first-order valence-electron chi connectivity index (χ1n) is 12.2. The number of methoxy groups -OCH3 is 1. The molecule has 1 saturated heterocycles. The monoisotopic (exact) mass is 504 g/mol. The number of carbonyl (C=O) groups is 2. The van der Waals surface area contributed by atoms with Gasteiger partial charge in [-0.25, -0.2) is 9.78 Å². The summed E-state index contributed by atoms with van der Waals surface area (Å²) in [4.78, 5) is 31.1. The lowest BCUT2D eigenvalue weighted by atomic mass is 9.99. The largest absolute Gasteiger partial charge is 0.465 e. The molecule has 1 aromatic heterocycles. The molecule has 7 nitrogen and oxygen atoms in total. The van der Waals surface area contributed by atoms with Gasteiger partial charge in [-0.1, -0.05) is 35.9 Å². The summed E-state index contributed by atoms with van der Waals surface area (Å²) in [6, 6.07) is 15.7. The Morgan fingerprint density at radius 1 is 1.19 bits per heavy atom. The number of fused-ring (bicyclic) bond motifs is 1. The second kappa shape index (κ2) is 10.7. The van der Waals surface area contributed by atoms with Crippen LogP contribution < -0.4 is 15.5 Å². The number of carbonyl (C=O) groups excluding carboxylic acids is 2. The van der Waals surface area contributed by atoms with Crippen LogP contribution in [-0.4, -0.2) is 43.6 Å². The summed E-state index contributed by atoms with van der Waals surface area (Å²) in [5.74, 6) is 0.113. The molecule has 1 unspecified atom stereocenters. The first-order chi connectivity index (χ1) is 17.5. The van der Waals surface area contributed by atoms with E-state index in [2.05, 4.69) is 38.7 Å². The maximum atomic E-state index is 12.7. The molecule has 2 aliphatic heterocycles. The number of amides is 1. The Morgan fingerprint density at radius 3 is 2.78 bits per heavy atom. The molecular weight excluding hydrogens is 476 g/mol. The Balaban J connectivity index is 1.35. The summed E-state index contributed by atoms with van der Waals surface area (Å²) in [5, 5.41) is 6.78. The molecule has 5 rings (SSSR count). The molecule has 0 bridgehead atoms. The highest BCUT2D eigenvalue weighted by Crippen LogP contribution is 2.36. The van der Waals surface area contributed by atoms with E-state index in [1.807, 2.05) is 18.2 Å². The average molecular weight is 505 g/mol. The Kier molecular flexibility index (Phi) is 7.20.